The molecule has 0 atom stereocenters. The van der Waals surface area contributed by atoms with E-state index >= 15 is 0 Å². The summed E-state index contributed by atoms with van der Waals surface area (Å²) in [5.41, 5.74) is 3.56. The molecule has 0 aromatic heterocycles. The lowest BCUT2D eigenvalue weighted by Gasteiger charge is -2.33. The van der Waals surface area contributed by atoms with E-state index in [2.05, 4.69) is 23.8 Å². The third kappa shape index (κ3) is 4.38. The zero-order chi connectivity index (χ0) is 16.1. The predicted molar refractivity (Wildman–Crippen MR) is 91.8 cm³/mol. The van der Waals surface area contributed by atoms with Gasteiger partial charge in [0.15, 0.2) is 0 Å². The number of likely N-dealkylation sites (tertiary alicyclic amines) is 1. The molecule has 118 valence electrons. The van der Waals surface area contributed by atoms with E-state index in [9.17, 15) is 4.79 Å². The Labute approximate surface area is 132 Å². The predicted octanol–water partition coefficient (Wildman–Crippen LogP) is 3.36. The Balaban J connectivity index is 1.92. The van der Waals surface area contributed by atoms with Gasteiger partial charge in [0.2, 0.25) is 0 Å². The number of nitrogens with one attached hydrogen (secondary N) is 2. The average Bonchev–Trinajstić information content (AvgIpc) is 2.47. The summed E-state index contributed by atoms with van der Waals surface area (Å²) in [4.78, 5) is 14.4. The maximum atomic E-state index is 12.5. The normalized spacial score (nSPS) is 15.3. The Hall–Kier alpha value is -2.23. The van der Waals surface area contributed by atoms with Crippen LogP contribution in [0.25, 0.3) is 0 Å². The molecule has 1 saturated heterocycles. The molecule has 1 aromatic rings. The Kier molecular flexibility index (Phi) is 5.26. The van der Waals surface area contributed by atoms with E-state index in [1.807, 2.05) is 43.0 Å². The zero-order valence-corrected chi connectivity index (χ0v) is 13.5. The molecular weight excluding hydrogens is 274 g/mol. The molecule has 2 N–H and O–H groups in total. The van der Waals surface area contributed by atoms with Crippen LogP contribution in [0.2, 0.25) is 0 Å². The smallest absolute Gasteiger partial charge is 0.253 e. The highest BCUT2D eigenvalue weighted by molar-refractivity contribution is 5.94. The van der Waals surface area contributed by atoms with E-state index in [1.165, 1.54) is 0 Å². The maximum Gasteiger partial charge on any atom is 0.253 e. The molecule has 1 fully saturated rings. The molecule has 0 saturated carbocycles. The van der Waals surface area contributed by atoms with Crippen molar-refractivity contribution in [2.75, 3.05) is 18.4 Å². The Morgan fingerprint density at radius 2 is 1.68 bits per heavy atom. The van der Waals surface area contributed by atoms with Gasteiger partial charge in [-0.2, -0.15) is 0 Å². The van der Waals surface area contributed by atoms with Crippen LogP contribution >= 0.6 is 0 Å². The van der Waals surface area contributed by atoms with Gasteiger partial charge in [-0.05, 0) is 51.0 Å². The second-order valence-electron chi connectivity index (χ2n) is 5.97. The van der Waals surface area contributed by atoms with Crippen molar-refractivity contribution < 1.29 is 4.79 Å². The summed E-state index contributed by atoms with van der Waals surface area (Å²) in [5, 5.41) is 6.50. The molecule has 4 nitrogen and oxygen atoms in total. The molecule has 1 amide bonds. The third-order valence-corrected chi connectivity index (χ3v) is 3.72. The third-order valence-electron chi connectivity index (χ3n) is 3.72. The van der Waals surface area contributed by atoms with Crippen molar-refractivity contribution in [3.63, 3.8) is 0 Å². The average molecular weight is 299 g/mol. The molecule has 1 heterocycles. The van der Waals surface area contributed by atoms with Gasteiger partial charge in [-0.1, -0.05) is 13.2 Å². The van der Waals surface area contributed by atoms with Crippen LogP contribution < -0.4 is 10.6 Å². The van der Waals surface area contributed by atoms with Gasteiger partial charge in [0.05, 0.1) is 0 Å². The Morgan fingerprint density at radius 3 is 2.18 bits per heavy atom. The quantitative estimate of drug-likeness (QED) is 0.876. The van der Waals surface area contributed by atoms with Gasteiger partial charge in [0.25, 0.3) is 5.91 Å². The van der Waals surface area contributed by atoms with Crippen LogP contribution in [-0.4, -0.2) is 29.9 Å². The minimum absolute atomic E-state index is 0.107. The number of amides is 1. The summed E-state index contributed by atoms with van der Waals surface area (Å²) >= 11 is 0. The summed E-state index contributed by atoms with van der Waals surface area (Å²) in [5.74, 6) is 0.107. The van der Waals surface area contributed by atoms with Crippen LogP contribution in [0.3, 0.4) is 0 Å². The summed E-state index contributed by atoms with van der Waals surface area (Å²) < 4.78 is 0. The fourth-order valence-corrected chi connectivity index (χ4v) is 2.70. The van der Waals surface area contributed by atoms with Gasteiger partial charge in [0.1, 0.15) is 0 Å². The lowest BCUT2D eigenvalue weighted by molar-refractivity contribution is 0.0708. The molecule has 0 unspecified atom stereocenters. The maximum absolute atomic E-state index is 12.5. The first-order chi connectivity index (χ1) is 10.5. The molecule has 0 aliphatic carbocycles. The van der Waals surface area contributed by atoms with E-state index < -0.39 is 0 Å². The molecule has 0 spiro atoms. The zero-order valence-electron chi connectivity index (χ0n) is 13.5. The number of piperidine rings is 1. The fraction of sp³-hybridized carbons (Fsp3) is 0.389. The minimum Gasteiger partial charge on any atom is -0.386 e. The van der Waals surface area contributed by atoms with Gasteiger partial charge in [-0.3, -0.25) is 4.79 Å². The van der Waals surface area contributed by atoms with Gasteiger partial charge < -0.3 is 15.5 Å². The van der Waals surface area contributed by atoms with Crippen LogP contribution in [0.1, 0.15) is 37.0 Å². The highest BCUT2D eigenvalue weighted by Crippen LogP contribution is 2.17. The van der Waals surface area contributed by atoms with Crippen molar-refractivity contribution >= 4 is 11.6 Å². The minimum atomic E-state index is 0.107. The molecular formula is C18H25N3O. The summed E-state index contributed by atoms with van der Waals surface area (Å²) in [7, 11) is 0. The molecule has 0 bridgehead atoms. The van der Waals surface area contributed by atoms with Crippen molar-refractivity contribution in [3.05, 3.63) is 54.4 Å². The standard InChI is InChI=1S/C18H25N3O/c1-13(2)19-16-7-5-15(6-8-16)18(22)21-11-9-17(10-12-21)20-14(3)4/h5-8,17,19-20H,1,3,9-12H2,2,4H3. The fourth-order valence-electron chi connectivity index (χ4n) is 2.70. The summed E-state index contributed by atoms with van der Waals surface area (Å²) in [6.45, 7) is 13.1. The van der Waals surface area contributed by atoms with E-state index in [1.54, 1.807) is 0 Å². The molecule has 1 aliphatic rings. The van der Waals surface area contributed by atoms with Gasteiger partial charge in [-0.25, -0.2) is 0 Å². The molecule has 4 heteroatoms. The van der Waals surface area contributed by atoms with Crippen LogP contribution in [0.4, 0.5) is 5.69 Å². The molecule has 1 aromatic carbocycles. The number of benzene rings is 1. The number of allylic oxidation sites excluding steroid dienone is 2. The number of rotatable bonds is 5. The lowest BCUT2D eigenvalue weighted by atomic mass is 10.0. The van der Waals surface area contributed by atoms with Gasteiger partial charge >= 0.3 is 0 Å². The number of hydrogen-bond donors (Lipinski definition) is 2. The highest BCUT2D eigenvalue weighted by Gasteiger charge is 2.23. The van der Waals surface area contributed by atoms with E-state index in [-0.39, 0.29) is 5.91 Å². The number of carbonyl (C=O) groups is 1. The lowest BCUT2D eigenvalue weighted by Crippen LogP contribution is -2.44. The molecule has 2 rings (SSSR count). The monoisotopic (exact) mass is 299 g/mol. The number of nitrogens with zero attached hydrogens (tertiary/aromatic N) is 1. The number of anilines is 1. The second kappa shape index (κ2) is 7.16. The molecule has 0 radical (unpaired) electrons. The van der Waals surface area contributed by atoms with Crippen LogP contribution in [0, 0.1) is 0 Å². The van der Waals surface area contributed by atoms with Crippen molar-refractivity contribution in [1.82, 2.24) is 10.2 Å². The first-order valence-corrected chi connectivity index (χ1v) is 7.69. The molecule has 1 aliphatic heterocycles. The Bertz CT molecular complexity index is 554. The van der Waals surface area contributed by atoms with Crippen LogP contribution in [0.15, 0.2) is 48.8 Å². The van der Waals surface area contributed by atoms with Crippen molar-refractivity contribution in [3.8, 4) is 0 Å². The van der Waals surface area contributed by atoms with Crippen molar-refractivity contribution in [2.24, 2.45) is 0 Å². The summed E-state index contributed by atoms with van der Waals surface area (Å²) in [6, 6.07) is 8.00. The van der Waals surface area contributed by atoms with Crippen molar-refractivity contribution in [1.29, 1.82) is 0 Å². The van der Waals surface area contributed by atoms with Crippen molar-refractivity contribution in [2.45, 2.75) is 32.7 Å². The highest BCUT2D eigenvalue weighted by atomic mass is 16.2. The summed E-state index contributed by atoms with van der Waals surface area (Å²) in [6.07, 6.45) is 1.93. The topological polar surface area (TPSA) is 44.4 Å². The van der Waals surface area contributed by atoms with Gasteiger partial charge in [0, 0.05) is 41.8 Å². The SMILES string of the molecule is C=C(C)Nc1ccc(C(=O)N2CCC(NC(=C)C)CC2)cc1. The first-order valence-electron chi connectivity index (χ1n) is 7.69. The number of carbonyl (C=O) groups excluding carboxylic acids is 1. The van der Waals surface area contributed by atoms with E-state index in [4.69, 9.17) is 0 Å². The largest absolute Gasteiger partial charge is 0.386 e. The first kappa shape index (κ1) is 16.1. The van der Waals surface area contributed by atoms with E-state index in [0.29, 0.717) is 6.04 Å². The molecule has 22 heavy (non-hydrogen) atoms. The Morgan fingerprint density at radius 1 is 1.09 bits per heavy atom. The number of hydrogen-bond acceptors (Lipinski definition) is 3. The second-order valence-corrected chi connectivity index (χ2v) is 5.97. The van der Waals surface area contributed by atoms with E-state index in [0.717, 1.165) is 48.6 Å². The van der Waals surface area contributed by atoms with Gasteiger partial charge in [-0.15, -0.1) is 0 Å². The van der Waals surface area contributed by atoms with Crippen LogP contribution in [0.5, 0.6) is 0 Å². The van der Waals surface area contributed by atoms with Crippen LogP contribution in [-0.2, 0) is 0 Å².